The summed E-state index contributed by atoms with van der Waals surface area (Å²) in [5.41, 5.74) is -0.179. The van der Waals surface area contributed by atoms with Gasteiger partial charge in [-0.25, -0.2) is 4.98 Å². The van der Waals surface area contributed by atoms with Gasteiger partial charge in [0.2, 0.25) is 0 Å². The summed E-state index contributed by atoms with van der Waals surface area (Å²) in [6.07, 6.45) is -0.778. The molecule has 0 atom stereocenters. The lowest BCUT2D eigenvalue weighted by atomic mass is 9.89. The number of nitriles is 1. The molecule has 3 rings (SSSR count). The maximum absolute atomic E-state index is 13.7. The Bertz CT molecular complexity index is 805. The molecule has 0 aliphatic heterocycles. The molecule has 2 aromatic heterocycles. The van der Waals surface area contributed by atoms with Crippen LogP contribution < -0.4 is 0 Å². The zero-order valence-electron chi connectivity index (χ0n) is 13.0. The van der Waals surface area contributed by atoms with Crippen molar-refractivity contribution in [3.8, 4) is 17.3 Å². The van der Waals surface area contributed by atoms with Crippen LogP contribution in [0.2, 0.25) is 0 Å². The number of aromatic nitrogens is 1. The summed E-state index contributed by atoms with van der Waals surface area (Å²) in [4.78, 5) is 4.42. The Kier molecular flexibility index (Phi) is 4.59. The summed E-state index contributed by atoms with van der Waals surface area (Å²) < 4.78 is 46.4. The van der Waals surface area contributed by atoms with Gasteiger partial charge in [-0.15, -0.1) is 11.8 Å². The third-order valence-electron chi connectivity index (χ3n) is 4.00. The number of nitrogens with zero attached hydrogens (tertiary/aromatic N) is 2. The molecule has 7 heteroatoms. The summed E-state index contributed by atoms with van der Waals surface area (Å²) in [5, 5.41) is 9.51. The molecule has 0 saturated carbocycles. The lowest BCUT2D eigenvalue weighted by Crippen LogP contribution is -2.18. The van der Waals surface area contributed by atoms with Crippen LogP contribution in [0.15, 0.2) is 21.8 Å². The molecule has 1 aliphatic carbocycles. The molecule has 0 spiro atoms. The van der Waals surface area contributed by atoms with Gasteiger partial charge in [-0.05, 0) is 30.2 Å². The summed E-state index contributed by atoms with van der Waals surface area (Å²) in [7, 11) is 0. The number of rotatable bonds is 4. The first-order valence-electron chi connectivity index (χ1n) is 7.71. The molecule has 2 aromatic rings. The van der Waals surface area contributed by atoms with Crippen LogP contribution in [0, 0.1) is 11.3 Å². The number of fused-ring (bicyclic) bond motifs is 3. The highest BCUT2D eigenvalue weighted by atomic mass is 32.2. The number of aryl methyl sites for hydroxylation is 1. The highest BCUT2D eigenvalue weighted by Gasteiger charge is 2.41. The van der Waals surface area contributed by atoms with Crippen LogP contribution in [0.3, 0.4) is 0 Å². The van der Waals surface area contributed by atoms with Crippen LogP contribution in [0.1, 0.15) is 42.2 Å². The number of pyridine rings is 1. The number of hydrogen-bond acceptors (Lipinski definition) is 4. The topological polar surface area (TPSA) is 49.8 Å². The van der Waals surface area contributed by atoms with Gasteiger partial charge in [0.25, 0.3) is 0 Å². The Morgan fingerprint density at radius 2 is 2.17 bits per heavy atom. The van der Waals surface area contributed by atoms with Crippen molar-refractivity contribution in [3.63, 3.8) is 0 Å². The van der Waals surface area contributed by atoms with Gasteiger partial charge in [-0.3, -0.25) is 0 Å². The van der Waals surface area contributed by atoms with Gasteiger partial charge >= 0.3 is 6.18 Å². The Labute approximate surface area is 141 Å². The van der Waals surface area contributed by atoms with Crippen LogP contribution in [0.4, 0.5) is 13.2 Å². The first-order chi connectivity index (χ1) is 11.5. The molecule has 0 bridgehead atoms. The van der Waals surface area contributed by atoms with Crippen molar-refractivity contribution in [2.45, 2.75) is 43.8 Å². The number of furan rings is 1. The van der Waals surface area contributed by atoms with Crippen molar-refractivity contribution in [1.29, 1.82) is 5.26 Å². The van der Waals surface area contributed by atoms with E-state index < -0.39 is 11.7 Å². The highest BCUT2D eigenvalue weighted by molar-refractivity contribution is 7.99. The largest absolute Gasteiger partial charge is 0.469 e. The molecule has 24 heavy (non-hydrogen) atoms. The second-order valence-electron chi connectivity index (χ2n) is 5.56. The lowest BCUT2D eigenvalue weighted by molar-refractivity contribution is -0.138. The molecule has 0 amide bonds. The minimum absolute atomic E-state index is 0.104. The van der Waals surface area contributed by atoms with E-state index in [0.717, 1.165) is 12.8 Å². The molecular formula is C17H15F3N2OS. The molecule has 0 saturated heterocycles. The average Bonchev–Trinajstić information content (AvgIpc) is 3.01. The summed E-state index contributed by atoms with van der Waals surface area (Å²) >= 11 is 1.21. The Morgan fingerprint density at radius 1 is 1.38 bits per heavy atom. The smallest absolute Gasteiger partial charge is 0.418 e. The minimum atomic E-state index is -4.58. The summed E-state index contributed by atoms with van der Waals surface area (Å²) in [6.45, 7) is 2.00. The fourth-order valence-corrected chi connectivity index (χ4v) is 3.96. The summed E-state index contributed by atoms with van der Waals surface area (Å²) in [5.74, 6) is 1.28. The van der Waals surface area contributed by atoms with E-state index in [1.54, 1.807) is 12.1 Å². The SMILES string of the molecule is CCCCSc1nc2c(c(C(F)(F)F)c1C#N)CCc1occc1-2. The molecule has 3 nitrogen and oxygen atoms in total. The van der Waals surface area contributed by atoms with Gasteiger partial charge in [0.05, 0.1) is 23.1 Å². The predicted octanol–water partition coefficient (Wildman–Crippen LogP) is 5.22. The standard InChI is InChI=1S/C17H15F3N2OS/c1-2-3-8-24-16-12(9-21)14(17(18,19)20)11-4-5-13-10(6-7-23-13)15(11)22-16/h6-7H,2-5,8H2,1H3. The molecule has 2 heterocycles. The predicted molar refractivity (Wildman–Crippen MR) is 84.7 cm³/mol. The first kappa shape index (κ1) is 16.9. The third-order valence-corrected chi connectivity index (χ3v) is 5.06. The van der Waals surface area contributed by atoms with E-state index >= 15 is 0 Å². The van der Waals surface area contributed by atoms with Gasteiger partial charge in [0.1, 0.15) is 16.9 Å². The van der Waals surface area contributed by atoms with Crippen LogP contribution in [0.25, 0.3) is 11.3 Å². The highest BCUT2D eigenvalue weighted by Crippen LogP contribution is 2.44. The maximum Gasteiger partial charge on any atom is 0.418 e. The normalized spacial score (nSPS) is 13.3. The van der Waals surface area contributed by atoms with Gasteiger partial charge in [-0.1, -0.05) is 13.3 Å². The van der Waals surface area contributed by atoms with Crippen molar-refractivity contribution in [3.05, 3.63) is 34.8 Å². The third kappa shape index (κ3) is 2.91. The lowest BCUT2D eigenvalue weighted by Gasteiger charge is -2.22. The van der Waals surface area contributed by atoms with Gasteiger partial charge < -0.3 is 4.42 Å². The van der Waals surface area contributed by atoms with E-state index in [2.05, 4.69) is 4.98 Å². The Morgan fingerprint density at radius 3 is 2.83 bits per heavy atom. The van der Waals surface area contributed by atoms with Gasteiger partial charge in [0.15, 0.2) is 0 Å². The molecule has 0 unspecified atom stereocenters. The van der Waals surface area contributed by atoms with E-state index in [0.29, 0.717) is 29.2 Å². The molecule has 126 valence electrons. The van der Waals surface area contributed by atoms with Crippen molar-refractivity contribution in [1.82, 2.24) is 4.98 Å². The fraction of sp³-hybridized carbons (Fsp3) is 0.412. The Balaban J connectivity index is 2.22. The fourth-order valence-electron chi connectivity index (χ4n) is 2.89. The zero-order valence-corrected chi connectivity index (χ0v) is 13.9. The van der Waals surface area contributed by atoms with Crippen molar-refractivity contribution < 1.29 is 17.6 Å². The molecule has 0 radical (unpaired) electrons. The van der Waals surface area contributed by atoms with Crippen molar-refractivity contribution in [2.75, 3.05) is 5.75 Å². The molecule has 0 aromatic carbocycles. The van der Waals surface area contributed by atoms with Crippen LogP contribution in [-0.2, 0) is 19.0 Å². The molecule has 0 fully saturated rings. The number of thioether (sulfide) groups is 1. The van der Waals surface area contributed by atoms with Gasteiger partial charge in [0, 0.05) is 12.0 Å². The van der Waals surface area contributed by atoms with Crippen LogP contribution in [0.5, 0.6) is 0 Å². The number of halogens is 3. The van der Waals surface area contributed by atoms with E-state index in [4.69, 9.17) is 4.42 Å². The van der Waals surface area contributed by atoms with Crippen LogP contribution in [-0.4, -0.2) is 10.7 Å². The van der Waals surface area contributed by atoms with Crippen molar-refractivity contribution in [2.24, 2.45) is 0 Å². The molecule has 1 aliphatic rings. The molecule has 0 N–H and O–H groups in total. The van der Waals surface area contributed by atoms with E-state index in [1.165, 1.54) is 18.0 Å². The monoisotopic (exact) mass is 352 g/mol. The minimum Gasteiger partial charge on any atom is -0.469 e. The van der Waals surface area contributed by atoms with Crippen molar-refractivity contribution >= 4 is 11.8 Å². The summed E-state index contributed by atoms with van der Waals surface area (Å²) in [6, 6.07) is 3.38. The number of unbranched alkanes of at least 4 members (excludes halogenated alkanes) is 1. The second-order valence-corrected chi connectivity index (χ2v) is 6.65. The zero-order chi connectivity index (χ0) is 17.3. The first-order valence-corrected chi connectivity index (χ1v) is 8.69. The van der Waals surface area contributed by atoms with E-state index in [9.17, 15) is 18.4 Å². The number of alkyl halides is 3. The molecular weight excluding hydrogens is 337 g/mol. The quantitative estimate of drug-likeness (QED) is 0.559. The Hall–Kier alpha value is -1.94. The van der Waals surface area contributed by atoms with E-state index in [1.807, 2.05) is 6.92 Å². The van der Waals surface area contributed by atoms with Crippen LogP contribution >= 0.6 is 11.8 Å². The average molecular weight is 352 g/mol. The number of hydrogen-bond donors (Lipinski definition) is 0. The second kappa shape index (κ2) is 6.52. The maximum atomic E-state index is 13.7. The van der Waals surface area contributed by atoms with Gasteiger partial charge in [-0.2, -0.15) is 18.4 Å². The van der Waals surface area contributed by atoms with E-state index in [-0.39, 0.29) is 22.6 Å².